The van der Waals surface area contributed by atoms with Crippen LogP contribution in [0.2, 0.25) is 0 Å². The van der Waals surface area contributed by atoms with E-state index in [0.717, 1.165) is 25.6 Å². The van der Waals surface area contributed by atoms with Gasteiger partial charge < -0.3 is 15.0 Å². The molecule has 0 aromatic carbocycles. The van der Waals surface area contributed by atoms with Gasteiger partial charge >= 0.3 is 5.97 Å². The van der Waals surface area contributed by atoms with E-state index in [-0.39, 0.29) is 17.8 Å². The summed E-state index contributed by atoms with van der Waals surface area (Å²) in [6.07, 6.45) is 3.76. The van der Waals surface area contributed by atoms with Crippen molar-refractivity contribution in [3.8, 4) is 0 Å². The molecule has 0 aliphatic carbocycles. The van der Waals surface area contributed by atoms with Gasteiger partial charge in [-0.15, -0.1) is 0 Å². The summed E-state index contributed by atoms with van der Waals surface area (Å²) in [5, 5.41) is 7.63. The average Bonchev–Trinajstić information content (AvgIpc) is 3.17. The third kappa shape index (κ3) is 4.46. The lowest BCUT2D eigenvalue weighted by atomic mass is 9.99. The maximum Gasteiger partial charge on any atom is 0.310 e. The number of nitrogens with zero attached hydrogens (tertiary/aromatic N) is 4. The molecular formula is C16H27N5O2. The maximum absolute atomic E-state index is 11.8. The normalized spacial score (nSPS) is 23.0. The first-order valence-corrected chi connectivity index (χ1v) is 8.06. The molecule has 2 heterocycles. The van der Waals surface area contributed by atoms with Crippen molar-refractivity contribution in [1.29, 1.82) is 0 Å². The molecule has 1 aliphatic rings. The molecule has 0 bridgehead atoms. The summed E-state index contributed by atoms with van der Waals surface area (Å²) in [4.78, 5) is 18.3. The fourth-order valence-electron chi connectivity index (χ4n) is 2.99. The van der Waals surface area contributed by atoms with E-state index in [9.17, 15) is 4.79 Å². The Morgan fingerprint density at radius 3 is 2.91 bits per heavy atom. The first-order chi connectivity index (χ1) is 11.0. The zero-order valence-electron chi connectivity index (χ0n) is 14.4. The van der Waals surface area contributed by atoms with Gasteiger partial charge in [0, 0.05) is 45.6 Å². The van der Waals surface area contributed by atoms with Gasteiger partial charge in [0.15, 0.2) is 5.96 Å². The highest BCUT2D eigenvalue weighted by molar-refractivity contribution is 5.82. The Bertz CT molecular complexity index is 529. The molecule has 7 heteroatoms. The fraction of sp³-hybridized carbons (Fsp3) is 0.688. The Hall–Kier alpha value is -2.05. The van der Waals surface area contributed by atoms with Crippen LogP contribution >= 0.6 is 0 Å². The molecule has 1 aromatic rings. The molecule has 0 amide bonds. The van der Waals surface area contributed by atoms with Crippen molar-refractivity contribution in [1.82, 2.24) is 20.0 Å². The molecule has 1 saturated heterocycles. The molecule has 1 aromatic heterocycles. The highest BCUT2D eigenvalue weighted by atomic mass is 16.5. The predicted molar refractivity (Wildman–Crippen MR) is 89.0 cm³/mol. The Morgan fingerprint density at radius 1 is 1.52 bits per heavy atom. The van der Waals surface area contributed by atoms with Crippen LogP contribution in [0.5, 0.6) is 0 Å². The largest absolute Gasteiger partial charge is 0.469 e. The monoisotopic (exact) mass is 321 g/mol. The Morgan fingerprint density at radius 2 is 2.30 bits per heavy atom. The summed E-state index contributed by atoms with van der Waals surface area (Å²) < 4.78 is 6.82. The molecule has 1 fully saturated rings. The van der Waals surface area contributed by atoms with Crippen LogP contribution in [-0.2, 0) is 16.1 Å². The van der Waals surface area contributed by atoms with Crippen molar-refractivity contribution >= 4 is 11.9 Å². The van der Waals surface area contributed by atoms with Gasteiger partial charge in [-0.05, 0) is 17.9 Å². The van der Waals surface area contributed by atoms with Gasteiger partial charge in [-0.2, -0.15) is 5.10 Å². The molecule has 7 nitrogen and oxygen atoms in total. The van der Waals surface area contributed by atoms with Crippen molar-refractivity contribution in [2.45, 2.75) is 20.4 Å². The molecule has 128 valence electrons. The lowest BCUT2D eigenvalue weighted by molar-refractivity contribution is -0.145. The molecule has 3 atom stereocenters. The molecule has 0 spiro atoms. The number of ether oxygens (including phenoxy) is 1. The molecule has 1 N–H and O–H groups in total. The third-order valence-electron chi connectivity index (χ3n) is 4.29. The number of carbonyl (C=O) groups excluding carboxylic acids is 1. The minimum absolute atomic E-state index is 0.0833. The first kappa shape index (κ1) is 17.3. The minimum atomic E-state index is -0.137. The summed E-state index contributed by atoms with van der Waals surface area (Å²) in [5.74, 6) is 1.31. The number of aliphatic imine (C=N–C) groups is 1. The molecule has 2 rings (SSSR count). The van der Waals surface area contributed by atoms with E-state index in [1.54, 1.807) is 13.2 Å². The van der Waals surface area contributed by atoms with E-state index in [2.05, 4.69) is 34.2 Å². The predicted octanol–water partition coefficient (Wildman–Crippen LogP) is 0.835. The topological polar surface area (TPSA) is 71.8 Å². The Balaban J connectivity index is 1.85. The van der Waals surface area contributed by atoms with Crippen LogP contribution in [-0.4, -0.2) is 60.4 Å². The smallest absolute Gasteiger partial charge is 0.310 e. The van der Waals surface area contributed by atoms with Crippen LogP contribution in [0.25, 0.3) is 0 Å². The van der Waals surface area contributed by atoms with E-state index in [1.807, 2.05) is 16.9 Å². The van der Waals surface area contributed by atoms with E-state index in [4.69, 9.17) is 4.74 Å². The fourth-order valence-corrected chi connectivity index (χ4v) is 2.99. The molecule has 0 saturated carbocycles. The van der Waals surface area contributed by atoms with Crippen LogP contribution in [0.15, 0.2) is 23.5 Å². The second-order valence-corrected chi connectivity index (χ2v) is 6.27. The minimum Gasteiger partial charge on any atom is -0.469 e. The van der Waals surface area contributed by atoms with Gasteiger partial charge in [0.05, 0.1) is 13.0 Å². The first-order valence-electron chi connectivity index (χ1n) is 8.06. The zero-order chi connectivity index (χ0) is 16.8. The zero-order valence-corrected chi connectivity index (χ0v) is 14.4. The van der Waals surface area contributed by atoms with Crippen LogP contribution in [0.4, 0.5) is 0 Å². The number of nitrogens with one attached hydrogen (secondary N) is 1. The molecule has 0 radical (unpaired) electrons. The summed E-state index contributed by atoms with van der Waals surface area (Å²) in [7, 11) is 3.22. The van der Waals surface area contributed by atoms with Crippen LogP contribution in [0.3, 0.4) is 0 Å². The number of guanidine groups is 1. The number of esters is 1. The third-order valence-corrected chi connectivity index (χ3v) is 4.29. The van der Waals surface area contributed by atoms with E-state index < -0.39 is 0 Å². The van der Waals surface area contributed by atoms with Gasteiger partial charge in [0.1, 0.15) is 0 Å². The number of hydrogen-bond acceptors (Lipinski definition) is 4. The summed E-state index contributed by atoms with van der Waals surface area (Å²) in [6, 6.07) is 1.93. The number of carbonyl (C=O) groups is 1. The molecular weight excluding hydrogens is 294 g/mol. The second kappa shape index (κ2) is 7.99. The van der Waals surface area contributed by atoms with Crippen LogP contribution in [0.1, 0.15) is 13.8 Å². The molecule has 3 unspecified atom stereocenters. The van der Waals surface area contributed by atoms with Crippen molar-refractivity contribution in [2.24, 2.45) is 22.7 Å². The maximum atomic E-state index is 11.8. The van der Waals surface area contributed by atoms with E-state index in [1.165, 1.54) is 7.11 Å². The average molecular weight is 321 g/mol. The number of rotatable bonds is 5. The van der Waals surface area contributed by atoms with Crippen LogP contribution < -0.4 is 5.32 Å². The Labute approximate surface area is 137 Å². The summed E-state index contributed by atoms with van der Waals surface area (Å²) in [5.41, 5.74) is 0. The van der Waals surface area contributed by atoms with Crippen molar-refractivity contribution < 1.29 is 9.53 Å². The van der Waals surface area contributed by atoms with E-state index in [0.29, 0.717) is 12.5 Å². The van der Waals surface area contributed by atoms with Gasteiger partial charge in [0.2, 0.25) is 0 Å². The lowest BCUT2D eigenvalue weighted by Crippen LogP contribution is -2.42. The number of hydrogen-bond donors (Lipinski definition) is 1. The van der Waals surface area contributed by atoms with Crippen molar-refractivity contribution in [3.63, 3.8) is 0 Å². The van der Waals surface area contributed by atoms with Crippen molar-refractivity contribution in [3.05, 3.63) is 18.5 Å². The van der Waals surface area contributed by atoms with Crippen molar-refractivity contribution in [2.75, 3.05) is 33.8 Å². The lowest BCUT2D eigenvalue weighted by Gasteiger charge is -2.23. The summed E-state index contributed by atoms with van der Waals surface area (Å²) in [6.45, 7) is 7.38. The van der Waals surface area contributed by atoms with Gasteiger partial charge in [-0.3, -0.25) is 14.5 Å². The number of methoxy groups -OCH3 is 1. The van der Waals surface area contributed by atoms with E-state index >= 15 is 0 Å². The molecule has 1 aliphatic heterocycles. The number of aromatic nitrogens is 2. The molecule has 23 heavy (non-hydrogen) atoms. The quantitative estimate of drug-likeness (QED) is 0.494. The highest BCUT2D eigenvalue weighted by Gasteiger charge is 2.36. The summed E-state index contributed by atoms with van der Waals surface area (Å²) >= 11 is 0. The van der Waals surface area contributed by atoms with Gasteiger partial charge in [0.25, 0.3) is 0 Å². The Kier molecular flexibility index (Phi) is 6.01. The van der Waals surface area contributed by atoms with Gasteiger partial charge in [-0.1, -0.05) is 13.8 Å². The second-order valence-electron chi connectivity index (χ2n) is 6.27. The highest BCUT2D eigenvalue weighted by Crippen LogP contribution is 2.24. The SMILES string of the molecule is CN=C(NCC(C)Cn1cccn1)N1CC(C)C(C(=O)OC)C1. The number of likely N-dealkylation sites (tertiary alicyclic amines) is 1. The van der Waals surface area contributed by atoms with Crippen LogP contribution in [0, 0.1) is 17.8 Å². The van der Waals surface area contributed by atoms with Gasteiger partial charge in [-0.25, -0.2) is 0 Å². The standard InChI is InChI=1S/C16H27N5O2/c1-12(9-21-7-5-6-19-21)8-18-16(17-3)20-10-13(2)14(11-20)15(22)23-4/h5-7,12-14H,8-11H2,1-4H3,(H,17,18).